The molecule has 1 aliphatic rings. The zero-order chi connectivity index (χ0) is 13.7. The first-order valence-electron chi connectivity index (χ1n) is 6.64. The fourth-order valence-corrected chi connectivity index (χ4v) is 2.60. The van der Waals surface area contributed by atoms with Crippen molar-refractivity contribution in [1.82, 2.24) is 10.2 Å². The lowest BCUT2D eigenvalue weighted by atomic mass is 10.00. The molecule has 0 aliphatic carbocycles. The number of hydrogen-bond acceptors (Lipinski definition) is 4. The molecule has 114 valence electrons. The summed E-state index contributed by atoms with van der Waals surface area (Å²) in [6.45, 7) is 3.12. The van der Waals surface area contributed by atoms with Crippen LogP contribution in [-0.4, -0.2) is 50.0 Å². The second-order valence-corrected chi connectivity index (χ2v) is 4.68. The Morgan fingerprint density at radius 1 is 1.40 bits per heavy atom. The van der Waals surface area contributed by atoms with Crippen LogP contribution in [0.2, 0.25) is 0 Å². The molecule has 0 aromatic heterocycles. The van der Waals surface area contributed by atoms with Crippen LogP contribution < -0.4 is 10.1 Å². The molecule has 1 aliphatic heterocycles. The molecule has 0 bridgehead atoms. The van der Waals surface area contributed by atoms with Crippen molar-refractivity contribution in [3.05, 3.63) is 23.8 Å². The predicted octanol–water partition coefficient (Wildman–Crippen LogP) is 2.13. The van der Waals surface area contributed by atoms with E-state index in [1.807, 2.05) is 12.1 Å². The van der Waals surface area contributed by atoms with Crippen molar-refractivity contribution in [1.29, 1.82) is 0 Å². The molecule has 1 heterocycles. The molecular formula is C14H22ClFN2O2. The Hall–Kier alpha value is -1.04. The minimum atomic E-state index is -0.398. The highest BCUT2D eigenvalue weighted by Crippen LogP contribution is 2.37. The average molecular weight is 305 g/mol. The van der Waals surface area contributed by atoms with E-state index in [2.05, 4.69) is 10.2 Å². The summed E-state index contributed by atoms with van der Waals surface area (Å²) < 4.78 is 18.0. The summed E-state index contributed by atoms with van der Waals surface area (Å²) in [6.07, 6.45) is 0.390. The van der Waals surface area contributed by atoms with Crippen LogP contribution in [0.1, 0.15) is 18.0 Å². The Balaban J connectivity index is 0.00000200. The fraction of sp³-hybridized carbons (Fsp3) is 0.571. The van der Waals surface area contributed by atoms with Crippen LogP contribution in [0.15, 0.2) is 18.2 Å². The highest BCUT2D eigenvalue weighted by Gasteiger charge is 2.25. The minimum Gasteiger partial charge on any atom is -0.504 e. The summed E-state index contributed by atoms with van der Waals surface area (Å²) in [5.41, 5.74) is 0.749. The third kappa shape index (κ3) is 3.75. The Kier molecular flexibility index (Phi) is 7.05. The summed E-state index contributed by atoms with van der Waals surface area (Å²) >= 11 is 0. The number of phenolic OH excluding ortho intramolecular Hbond substituents is 1. The van der Waals surface area contributed by atoms with Gasteiger partial charge in [-0.25, -0.2) is 0 Å². The largest absolute Gasteiger partial charge is 0.504 e. The summed E-state index contributed by atoms with van der Waals surface area (Å²) in [5, 5.41) is 13.5. The average Bonchev–Trinajstić information content (AvgIpc) is 2.46. The van der Waals surface area contributed by atoms with Gasteiger partial charge in [-0.2, -0.15) is 0 Å². The molecule has 0 radical (unpaired) electrons. The first kappa shape index (κ1) is 17.0. The van der Waals surface area contributed by atoms with Gasteiger partial charge in [-0.3, -0.25) is 9.29 Å². The topological polar surface area (TPSA) is 44.7 Å². The second-order valence-electron chi connectivity index (χ2n) is 4.68. The molecule has 2 rings (SSSR count). The molecule has 20 heavy (non-hydrogen) atoms. The smallest absolute Gasteiger partial charge is 0.162 e. The number of phenols is 1. The van der Waals surface area contributed by atoms with Gasteiger partial charge >= 0.3 is 0 Å². The number of nitrogens with zero attached hydrogens (tertiary/aromatic N) is 1. The maximum absolute atomic E-state index is 12.8. The number of nitrogens with one attached hydrogen (secondary N) is 1. The molecule has 1 saturated heterocycles. The van der Waals surface area contributed by atoms with E-state index >= 15 is 0 Å². The van der Waals surface area contributed by atoms with Crippen molar-refractivity contribution in [3.8, 4) is 11.5 Å². The normalized spacial score (nSPS) is 17.3. The summed E-state index contributed by atoms with van der Waals surface area (Å²) in [5.74, 6) is 0.568. The van der Waals surface area contributed by atoms with E-state index in [0.717, 1.165) is 31.7 Å². The fourth-order valence-electron chi connectivity index (χ4n) is 2.60. The SMILES string of the molecule is COc1cccc([C@@H](CCF)N2CCNCC2)c1O.Cl. The van der Waals surface area contributed by atoms with E-state index in [1.54, 1.807) is 6.07 Å². The molecule has 4 nitrogen and oxygen atoms in total. The van der Waals surface area contributed by atoms with Gasteiger partial charge in [-0.05, 0) is 12.5 Å². The van der Waals surface area contributed by atoms with E-state index < -0.39 is 6.67 Å². The highest BCUT2D eigenvalue weighted by molar-refractivity contribution is 5.85. The maximum Gasteiger partial charge on any atom is 0.162 e. The lowest BCUT2D eigenvalue weighted by molar-refractivity contribution is 0.154. The second kappa shape index (κ2) is 8.29. The maximum atomic E-state index is 12.8. The van der Waals surface area contributed by atoms with Gasteiger partial charge in [0.1, 0.15) is 0 Å². The van der Waals surface area contributed by atoms with Crippen LogP contribution in [0.4, 0.5) is 4.39 Å². The molecule has 6 heteroatoms. The predicted molar refractivity (Wildman–Crippen MR) is 79.7 cm³/mol. The van der Waals surface area contributed by atoms with E-state index in [9.17, 15) is 9.50 Å². The van der Waals surface area contributed by atoms with Gasteiger partial charge in [-0.15, -0.1) is 12.4 Å². The third-order valence-corrected chi connectivity index (χ3v) is 3.58. The van der Waals surface area contributed by atoms with Crippen LogP contribution >= 0.6 is 12.4 Å². The number of ether oxygens (including phenoxy) is 1. The molecule has 0 spiro atoms. The Morgan fingerprint density at radius 3 is 2.70 bits per heavy atom. The summed E-state index contributed by atoms with van der Waals surface area (Å²) in [7, 11) is 1.52. The zero-order valence-electron chi connectivity index (χ0n) is 11.6. The number of para-hydroxylation sites is 1. The van der Waals surface area contributed by atoms with Crippen LogP contribution in [0.3, 0.4) is 0 Å². The Morgan fingerprint density at radius 2 is 2.10 bits per heavy atom. The monoisotopic (exact) mass is 304 g/mol. The van der Waals surface area contributed by atoms with Crippen molar-refractivity contribution in [2.24, 2.45) is 0 Å². The van der Waals surface area contributed by atoms with Gasteiger partial charge in [0.2, 0.25) is 0 Å². The van der Waals surface area contributed by atoms with Crippen LogP contribution in [0, 0.1) is 0 Å². The molecule has 0 saturated carbocycles. The molecule has 0 amide bonds. The zero-order valence-corrected chi connectivity index (χ0v) is 12.5. The number of hydrogen-bond donors (Lipinski definition) is 2. The van der Waals surface area contributed by atoms with Gasteiger partial charge in [0.25, 0.3) is 0 Å². The van der Waals surface area contributed by atoms with Gasteiger partial charge in [0, 0.05) is 37.8 Å². The van der Waals surface area contributed by atoms with Crippen molar-refractivity contribution in [3.63, 3.8) is 0 Å². The number of benzene rings is 1. The van der Waals surface area contributed by atoms with E-state index in [4.69, 9.17) is 4.74 Å². The number of halogens is 2. The van der Waals surface area contributed by atoms with Gasteiger partial charge in [0.15, 0.2) is 11.5 Å². The molecule has 1 aromatic carbocycles. The van der Waals surface area contributed by atoms with Gasteiger partial charge in [0.05, 0.1) is 13.8 Å². The summed E-state index contributed by atoms with van der Waals surface area (Å²) in [4.78, 5) is 2.21. The lowest BCUT2D eigenvalue weighted by Crippen LogP contribution is -2.45. The van der Waals surface area contributed by atoms with Crippen molar-refractivity contribution in [2.75, 3.05) is 40.0 Å². The molecule has 1 aromatic rings. The Labute approximate surface area is 125 Å². The van der Waals surface area contributed by atoms with Crippen LogP contribution in [-0.2, 0) is 0 Å². The molecule has 2 N–H and O–H groups in total. The highest BCUT2D eigenvalue weighted by atomic mass is 35.5. The van der Waals surface area contributed by atoms with Gasteiger partial charge < -0.3 is 15.2 Å². The lowest BCUT2D eigenvalue weighted by Gasteiger charge is -2.35. The van der Waals surface area contributed by atoms with E-state index in [0.29, 0.717) is 12.2 Å². The minimum absolute atomic E-state index is 0. The molecule has 1 atom stereocenters. The van der Waals surface area contributed by atoms with Crippen LogP contribution in [0.5, 0.6) is 11.5 Å². The standard InChI is InChI=1S/C14H21FN2O2.ClH/c1-19-13-4-2-3-11(14(13)18)12(5-6-15)17-9-7-16-8-10-17;/h2-4,12,16,18H,5-10H2,1H3;1H/t12-;/m1./s1. The Bertz CT molecular complexity index is 414. The number of methoxy groups -OCH3 is 1. The number of rotatable bonds is 5. The number of aromatic hydroxyl groups is 1. The van der Waals surface area contributed by atoms with Crippen molar-refractivity contribution in [2.45, 2.75) is 12.5 Å². The molecular weight excluding hydrogens is 283 g/mol. The molecule has 0 unspecified atom stereocenters. The number of alkyl halides is 1. The van der Waals surface area contributed by atoms with E-state index in [-0.39, 0.29) is 24.2 Å². The number of piperazine rings is 1. The third-order valence-electron chi connectivity index (χ3n) is 3.58. The summed E-state index contributed by atoms with van der Waals surface area (Å²) in [6, 6.07) is 5.30. The van der Waals surface area contributed by atoms with Crippen molar-refractivity contribution < 1.29 is 14.2 Å². The van der Waals surface area contributed by atoms with Crippen molar-refractivity contribution >= 4 is 12.4 Å². The first-order valence-corrected chi connectivity index (χ1v) is 6.64. The van der Waals surface area contributed by atoms with E-state index in [1.165, 1.54) is 7.11 Å². The first-order chi connectivity index (χ1) is 9.27. The van der Waals surface area contributed by atoms with Gasteiger partial charge in [-0.1, -0.05) is 12.1 Å². The quantitative estimate of drug-likeness (QED) is 0.875. The molecule has 1 fully saturated rings. The van der Waals surface area contributed by atoms with Crippen LogP contribution in [0.25, 0.3) is 0 Å².